The van der Waals surface area contributed by atoms with E-state index < -0.39 is 17.5 Å². The lowest BCUT2D eigenvalue weighted by Gasteiger charge is -2.24. The van der Waals surface area contributed by atoms with E-state index in [9.17, 15) is 13.6 Å². The highest BCUT2D eigenvalue weighted by Gasteiger charge is 2.21. The minimum Gasteiger partial charge on any atom is -0.494 e. The summed E-state index contributed by atoms with van der Waals surface area (Å²) in [5.41, 5.74) is 13.3. The van der Waals surface area contributed by atoms with Gasteiger partial charge in [0.1, 0.15) is 0 Å². The number of halogens is 2. The maximum Gasteiger partial charge on any atom is 0.248 e. The zero-order valence-electron chi connectivity index (χ0n) is 18.5. The van der Waals surface area contributed by atoms with Gasteiger partial charge in [-0.05, 0) is 42.8 Å². The summed E-state index contributed by atoms with van der Waals surface area (Å²) in [5, 5.41) is 0. The summed E-state index contributed by atoms with van der Waals surface area (Å²) in [7, 11) is 1.28. The Balaban J connectivity index is 1.74. The number of rotatable bonds is 9. The Morgan fingerprint density at radius 1 is 1.12 bits per heavy atom. The van der Waals surface area contributed by atoms with E-state index in [2.05, 4.69) is 9.97 Å². The van der Waals surface area contributed by atoms with Gasteiger partial charge in [-0.3, -0.25) is 9.20 Å². The standard InChI is InChI=1S/C24H24F2N6O2/c1-34-19-8-7-17(20(25)21(19)26)18-13-30-24-23(29-10-12-32(18)24)31(11-2-9-27)14-15-3-5-16(6-4-15)22(28)33/h3-8,10,12-13H,2,9,11,14,27H2,1H3,(H2,28,33). The van der Waals surface area contributed by atoms with Crippen LogP contribution in [0.3, 0.4) is 0 Å². The lowest BCUT2D eigenvalue weighted by atomic mass is 10.1. The Labute approximate surface area is 194 Å². The third kappa shape index (κ3) is 4.40. The van der Waals surface area contributed by atoms with Crippen LogP contribution in [-0.2, 0) is 6.54 Å². The molecule has 2 aromatic carbocycles. The molecule has 0 aliphatic heterocycles. The molecule has 0 aliphatic carbocycles. The molecule has 4 rings (SSSR count). The number of benzene rings is 2. The summed E-state index contributed by atoms with van der Waals surface area (Å²) < 4.78 is 35.6. The minimum absolute atomic E-state index is 0.0542. The van der Waals surface area contributed by atoms with E-state index in [1.165, 1.54) is 25.4 Å². The van der Waals surface area contributed by atoms with Crippen molar-refractivity contribution in [3.8, 4) is 17.0 Å². The van der Waals surface area contributed by atoms with Crippen LogP contribution in [0, 0.1) is 11.6 Å². The van der Waals surface area contributed by atoms with Crippen molar-refractivity contribution in [3.63, 3.8) is 0 Å². The molecular formula is C24H24F2N6O2. The number of anilines is 1. The number of hydrogen-bond donors (Lipinski definition) is 2. The van der Waals surface area contributed by atoms with Crippen molar-refractivity contribution in [1.29, 1.82) is 0 Å². The number of ether oxygens (including phenoxy) is 1. The van der Waals surface area contributed by atoms with E-state index in [1.54, 1.807) is 28.9 Å². The number of aromatic nitrogens is 3. The van der Waals surface area contributed by atoms with E-state index in [1.807, 2.05) is 17.0 Å². The molecule has 2 heterocycles. The number of nitrogens with two attached hydrogens (primary N) is 2. The van der Waals surface area contributed by atoms with Gasteiger partial charge >= 0.3 is 0 Å². The molecule has 34 heavy (non-hydrogen) atoms. The Hall–Kier alpha value is -4.05. The fourth-order valence-electron chi connectivity index (χ4n) is 3.75. The molecule has 0 spiro atoms. The largest absolute Gasteiger partial charge is 0.494 e. The molecule has 8 nitrogen and oxygen atoms in total. The fraction of sp³-hybridized carbons (Fsp3) is 0.208. The van der Waals surface area contributed by atoms with Crippen LogP contribution < -0.4 is 21.1 Å². The monoisotopic (exact) mass is 466 g/mol. The van der Waals surface area contributed by atoms with Crippen molar-refractivity contribution in [2.45, 2.75) is 13.0 Å². The molecule has 4 aromatic rings. The van der Waals surface area contributed by atoms with Gasteiger partial charge in [0.15, 0.2) is 23.0 Å². The molecule has 10 heteroatoms. The second kappa shape index (κ2) is 9.84. The second-order valence-corrected chi connectivity index (χ2v) is 7.66. The summed E-state index contributed by atoms with van der Waals surface area (Å²) in [6.45, 7) is 1.55. The molecule has 1 amide bonds. The van der Waals surface area contributed by atoms with Crippen molar-refractivity contribution in [2.75, 3.05) is 25.1 Å². The van der Waals surface area contributed by atoms with Crippen molar-refractivity contribution in [3.05, 3.63) is 77.8 Å². The number of fused-ring (bicyclic) bond motifs is 1. The van der Waals surface area contributed by atoms with E-state index in [4.69, 9.17) is 16.2 Å². The van der Waals surface area contributed by atoms with Gasteiger partial charge < -0.3 is 21.1 Å². The zero-order chi connectivity index (χ0) is 24.2. The van der Waals surface area contributed by atoms with Crippen LogP contribution in [0.2, 0.25) is 0 Å². The van der Waals surface area contributed by atoms with Crippen molar-refractivity contribution >= 4 is 17.4 Å². The number of imidazole rings is 1. The number of methoxy groups -OCH3 is 1. The molecule has 0 bridgehead atoms. The zero-order valence-corrected chi connectivity index (χ0v) is 18.5. The first-order valence-electron chi connectivity index (χ1n) is 10.6. The molecule has 0 saturated carbocycles. The van der Waals surface area contributed by atoms with Crippen LogP contribution in [0.1, 0.15) is 22.3 Å². The van der Waals surface area contributed by atoms with E-state index >= 15 is 0 Å². The normalized spacial score (nSPS) is 11.1. The maximum atomic E-state index is 14.8. The Kier molecular flexibility index (Phi) is 6.69. The van der Waals surface area contributed by atoms with Crippen LogP contribution >= 0.6 is 0 Å². The highest BCUT2D eigenvalue weighted by Crippen LogP contribution is 2.31. The first kappa shape index (κ1) is 23.1. The molecule has 0 saturated heterocycles. The van der Waals surface area contributed by atoms with Gasteiger partial charge in [0.05, 0.1) is 19.0 Å². The van der Waals surface area contributed by atoms with Gasteiger partial charge in [-0.15, -0.1) is 0 Å². The summed E-state index contributed by atoms with van der Waals surface area (Å²) in [6.07, 6.45) is 5.41. The number of primary amides is 1. The Morgan fingerprint density at radius 2 is 1.88 bits per heavy atom. The number of carbonyl (C=O) groups excluding carboxylic acids is 1. The summed E-state index contributed by atoms with van der Waals surface area (Å²) in [4.78, 5) is 22.3. The van der Waals surface area contributed by atoms with Gasteiger partial charge in [0, 0.05) is 36.6 Å². The highest BCUT2D eigenvalue weighted by molar-refractivity contribution is 5.92. The quantitative estimate of drug-likeness (QED) is 0.392. The Morgan fingerprint density at radius 3 is 2.56 bits per heavy atom. The van der Waals surface area contributed by atoms with Crippen LogP contribution in [0.4, 0.5) is 14.6 Å². The van der Waals surface area contributed by atoms with Crippen LogP contribution in [0.15, 0.2) is 55.0 Å². The van der Waals surface area contributed by atoms with Gasteiger partial charge in [-0.1, -0.05) is 12.1 Å². The average molecular weight is 466 g/mol. The van der Waals surface area contributed by atoms with Gasteiger partial charge in [-0.2, -0.15) is 4.39 Å². The smallest absolute Gasteiger partial charge is 0.248 e. The van der Waals surface area contributed by atoms with Crippen molar-refractivity contribution in [2.24, 2.45) is 11.5 Å². The molecule has 0 aliphatic rings. The van der Waals surface area contributed by atoms with Crippen LogP contribution in [0.5, 0.6) is 5.75 Å². The van der Waals surface area contributed by atoms with Crippen molar-refractivity contribution in [1.82, 2.24) is 14.4 Å². The predicted molar refractivity (Wildman–Crippen MR) is 125 cm³/mol. The molecule has 2 aromatic heterocycles. The second-order valence-electron chi connectivity index (χ2n) is 7.66. The topological polar surface area (TPSA) is 112 Å². The molecule has 0 radical (unpaired) electrons. The Bertz CT molecular complexity index is 1320. The van der Waals surface area contributed by atoms with E-state index in [0.29, 0.717) is 48.8 Å². The highest BCUT2D eigenvalue weighted by atomic mass is 19.2. The number of hydrogen-bond acceptors (Lipinski definition) is 6. The summed E-state index contributed by atoms with van der Waals surface area (Å²) >= 11 is 0. The number of carbonyl (C=O) groups is 1. The third-order valence-corrected chi connectivity index (χ3v) is 5.50. The van der Waals surface area contributed by atoms with Crippen molar-refractivity contribution < 1.29 is 18.3 Å². The fourth-order valence-corrected chi connectivity index (χ4v) is 3.75. The summed E-state index contributed by atoms with van der Waals surface area (Å²) in [5.74, 6) is -2.18. The minimum atomic E-state index is -1.06. The molecular weight excluding hydrogens is 442 g/mol. The number of amides is 1. The lowest BCUT2D eigenvalue weighted by molar-refractivity contribution is 0.100. The molecule has 0 unspecified atom stereocenters. The van der Waals surface area contributed by atoms with Gasteiger partial charge in [0.2, 0.25) is 11.7 Å². The lowest BCUT2D eigenvalue weighted by Crippen LogP contribution is -2.27. The van der Waals surface area contributed by atoms with E-state index in [-0.39, 0.29) is 11.3 Å². The maximum absolute atomic E-state index is 14.8. The molecule has 0 atom stereocenters. The summed E-state index contributed by atoms with van der Waals surface area (Å²) in [6, 6.07) is 9.80. The first-order chi connectivity index (χ1) is 16.4. The molecule has 176 valence electrons. The predicted octanol–water partition coefficient (Wildman–Crippen LogP) is 3.14. The SMILES string of the molecule is COc1ccc(-c2cnc3c(N(CCCN)Cc4ccc(C(N)=O)cc4)nccn23)c(F)c1F. The van der Waals surface area contributed by atoms with E-state index in [0.717, 1.165) is 5.56 Å². The van der Waals surface area contributed by atoms with Gasteiger partial charge in [0.25, 0.3) is 0 Å². The van der Waals surface area contributed by atoms with Crippen LogP contribution in [0.25, 0.3) is 16.9 Å². The third-order valence-electron chi connectivity index (χ3n) is 5.50. The first-order valence-corrected chi connectivity index (χ1v) is 10.6. The number of nitrogens with zero attached hydrogens (tertiary/aromatic N) is 4. The molecule has 4 N–H and O–H groups in total. The van der Waals surface area contributed by atoms with Crippen LogP contribution in [-0.4, -0.2) is 40.5 Å². The average Bonchev–Trinajstić information content (AvgIpc) is 3.28. The van der Waals surface area contributed by atoms with Gasteiger partial charge in [-0.25, -0.2) is 14.4 Å². The molecule has 0 fully saturated rings.